The van der Waals surface area contributed by atoms with E-state index in [0.29, 0.717) is 12.5 Å². The Morgan fingerprint density at radius 1 is 1.35 bits per heavy atom. The molecular weight excluding hydrogens is 216 g/mol. The van der Waals surface area contributed by atoms with Crippen molar-refractivity contribution in [1.82, 2.24) is 14.9 Å². The molecule has 1 aromatic rings. The number of nitrogens with zero attached hydrogens (tertiary/aromatic N) is 3. The van der Waals surface area contributed by atoms with Crippen LogP contribution in [0.5, 0.6) is 5.88 Å². The third kappa shape index (κ3) is 6.06. The van der Waals surface area contributed by atoms with E-state index in [1.807, 2.05) is 6.07 Å². The summed E-state index contributed by atoms with van der Waals surface area (Å²) in [6.45, 7) is 4.73. The third-order valence-electron chi connectivity index (χ3n) is 2.18. The third-order valence-corrected chi connectivity index (χ3v) is 2.18. The van der Waals surface area contributed by atoms with Gasteiger partial charge in [0.1, 0.15) is 12.1 Å². The Balaban J connectivity index is 2.32. The Bertz CT molecular complexity index is 317. The van der Waals surface area contributed by atoms with Gasteiger partial charge in [0.2, 0.25) is 5.88 Å². The van der Waals surface area contributed by atoms with Crippen LogP contribution < -0.4 is 10.1 Å². The highest BCUT2D eigenvalue weighted by Gasteiger charge is 1.99. The standard InChI is InChI=1S/C12H22N4O/c1-4-8-17-12-9-11(14-10-15-12)13-6-5-7-16(2)3/h9-10H,4-8H2,1-3H3,(H,13,14,15). The van der Waals surface area contributed by atoms with E-state index in [4.69, 9.17) is 4.74 Å². The van der Waals surface area contributed by atoms with Crippen LogP contribution in [0.15, 0.2) is 12.4 Å². The number of hydrogen-bond donors (Lipinski definition) is 1. The van der Waals surface area contributed by atoms with Gasteiger partial charge in [-0.1, -0.05) is 6.92 Å². The van der Waals surface area contributed by atoms with Gasteiger partial charge < -0.3 is 15.0 Å². The Morgan fingerprint density at radius 2 is 2.18 bits per heavy atom. The summed E-state index contributed by atoms with van der Waals surface area (Å²) >= 11 is 0. The first-order valence-electron chi connectivity index (χ1n) is 6.06. The molecule has 5 heteroatoms. The molecule has 0 spiro atoms. The van der Waals surface area contributed by atoms with E-state index < -0.39 is 0 Å². The normalized spacial score (nSPS) is 10.6. The molecule has 1 heterocycles. The van der Waals surface area contributed by atoms with Gasteiger partial charge in [-0.25, -0.2) is 9.97 Å². The molecule has 0 fully saturated rings. The van der Waals surface area contributed by atoms with Crippen LogP contribution in [0.1, 0.15) is 19.8 Å². The minimum atomic E-state index is 0.636. The molecule has 0 aliphatic carbocycles. The van der Waals surface area contributed by atoms with Crippen molar-refractivity contribution < 1.29 is 4.74 Å². The summed E-state index contributed by atoms with van der Waals surface area (Å²) in [5.41, 5.74) is 0. The lowest BCUT2D eigenvalue weighted by atomic mass is 10.4. The maximum absolute atomic E-state index is 5.44. The van der Waals surface area contributed by atoms with E-state index in [1.54, 1.807) is 0 Å². The molecule has 0 unspecified atom stereocenters. The summed E-state index contributed by atoms with van der Waals surface area (Å²) in [5, 5.41) is 3.26. The van der Waals surface area contributed by atoms with Crippen LogP contribution in [0.4, 0.5) is 5.82 Å². The highest BCUT2D eigenvalue weighted by Crippen LogP contribution is 2.10. The lowest BCUT2D eigenvalue weighted by Crippen LogP contribution is -2.16. The average molecular weight is 238 g/mol. The van der Waals surface area contributed by atoms with Crippen molar-refractivity contribution in [2.45, 2.75) is 19.8 Å². The molecule has 1 N–H and O–H groups in total. The Labute approximate surface area is 103 Å². The predicted octanol–water partition coefficient (Wildman–Crippen LogP) is 1.63. The van der Waals surface area contributed by atoms with E-state index in [0.717, 1.165) is 31.7 Å². The molecule has 1 rings (SSSR count). The molecule has 5 nitrogen and oxygen atoms in total. The van der Waals surface area contributed by atoms with Crippen LogP contribution in [0.2, 0.25) is 0 Å². The summed E-state index contributed by atoms with van der Waals surface area (Å²) in [5.74, 6) is 1.46. The first-order chi connectivity index (χ1) is 8.22. The molecule has 0 amide bonds. The number of hydrogen-bond acceptors (Lipinski definition) is 5. The van der Waals surface area contributed by atoms with Crippen molar-refractivity contribution in [2.24, 2.45) is 0 Å². The van der Waals surface area contributed by atoms with Crippen molar-refractivity contribution in [3.05, 3.63) is 12.4 Å². The first-order valence-corrected chi connectivity index (χ1v) is 6.06. The van der Waals surface area contributed by atoms with Crippen molar-refractivity contribution in [3.63, 3.8) is 0 Å². The Hall–Kier alpha value is -1.36. The van der Waals surface area contributed by atoms with Gasteiger partial charge in [-0.05, 0) is 33.5 Å². The molecule has 17 heavy (non-hydrogen) atoms. The largest absolute Gasteiger partial charge is 0.478 e. The zero-order valence-electron chi connectivity index (χ0n) is 10.9. The van der Waals surface area contributed by atoms with Gasteiger partial charge in [0.05, 0.1) is 6.61 Å². The molecule has 0 aliphatic rings. The smallest absolute Gasteiger partial charge is 0.218 e. The topological polar surface area (TPSA) is 50.3 Å². The summed E-state index contributed by atoms with van der Waals surface area (Å²) in [6.07, 6.45) is 3.59. The fourth-order valence-corrected chi connectivity index (χ4v) is 1.33. The van der Waals surface area contributed by atoms with Crippen molar-refractivity contribution >= 4 is 5.82 Å². The van der Waals surface area contributed by atoms with E-state index in [2.05, 4.69) is 41.2 Å². The van der Waals surface area contributed by atoms with E-state index in [1.165, 1.54) is 6.33 Å². The number of aromatic nitrogens is 2. The molecule has 0 saturated carbocycles. The zero-order chi connectivity index (χ0) is 12.5. The average Bonchev–Trinajstić information content (AvgIpc) is 2.32. The highest BCUT2D eigenvalue weighted by molar-refractivity contribution is 5.36. The van der Waals surface area contributed by atoms with E-state index >= 15 is 0 Å². The quantitative estimate of drug-likeness (QED) is 0.698. The van der Waals surface area contributed by atoms with Crippen LogP contribution in [0, 0.1) is 0 Å². The van der Waals surface area contributed by atoms with Crippen LogP contribution in [-0.2, 0) is 0 Å². The number of ether oxygens (including phenoxy) is 1. The maximum atomic E-state index is 5.44. The van der Waals surface area contributed by atoms with Gasteiger partial charge in [0, 0.05) is 12.6 Å². The van der Waals surface area contributed by atoms with Gasteiger partial charge in [-0.3, -0.25) is 0 Å². The molecule has 0 radical (unpaired) electrons. The highest BCUT2D eigenvalue weighted by atomic mass is 16.5. The second-order valence-corrected chi connectivity index (χ2v) is 4.17. The fourth-order valence-electron chi connectivity index (χ4n) is 1.33. The van der Waals surface area contributed by atoms with Crippen molar-refractivity contribution in [1.29, 1.82) is 0 Å². The van der Waals surface area contributed by atoms with Gasteiger partial charge in [0.15, 0.2) is 0 Å². The zero-order valence-corrected chi connectivity index (χ0v) is 10.9. The fraction of sp³-hybridized carbons (Fsp3) is 0.667. The van der Waals surface area contributed by atoms with Crippen molar-refractivity contribution in [3.8, 4) is 5.88 Å². The molecule has 0 bridgehead atoms. The summed E-state index contributed by atoms with van der Waals surface area (Å²) in [6, 6.07) is 1.84. The number of nitrogens with one attached hydrogen (secondary N) is 1. The molecule has 0 atom stereocenters. The Morgan fingerprint density at radius 3 is 2.88 bits per heavy atom. The monoisotopic (exact) mass is 238 g/mol. The molecule has 0 aromatic carbocycles. The van der Waals surface area contributed by atoms with Crippen LogP contribution in [0.3, 0.4) is 0 Å². The number of anilines is 1. The lowest BCUT2D eigenvalue weighted by molar-refractivity contribution is 0.305. The molecule has 1 aromatic heterocycles. The second kappa shape index (κ2) is 7.84. The summed E-state index contributed by atoms with van der Waals surface area (Å²) in [7, 11) is 4.14. The minimum Gasteiger partial charge on any atom is -0.478 e. The number of rotatable bonds is 8. The van der Waals surface area contributed by atoms with Gasteiger partial charge >= 0.3 is 0 Å². The van der Waals surface area contributed by atoms with Crippen molar-refractivity contribution in [2.75, 3.05) is 39.1 Å². The summed E-state index contributed by atoms with van der Waals surface area (Å²) < 4.78 is 5.44. The van der Waals surface area contributed by atoms with Crippen LogP contribution in [0.25, 0.3) is 0 Å². The SMILES string of the molecule is CCCOc1cc(NCCCN(C)C)ncn1. The van der Waals surface area contributed by atoms with E-state index in [-0.39, 0.29) is 0 Å². The van der Waals surface area contributed by atoms with Gasteiger partial charge in [0.25, 0.3) is 0 Å². The van der Waals surface area contributed by atoms with E-state index in [9.17, 15) is 0 Å². The van der Waals surface area contributed by atoms with Gasteiger partial charge in [-0.2, -0.15) is 0 Å². The van der Waals surface area contributed by atoms with Crippen LogP contribution >= 0.6 is 0 Å². The lowest BCUT2D eigenvalue weighted by Gasteiger charge is -2.10. The molecule has 0 aliphatic heterocycles. The molecule has 0 saturated heterocycles. The second-order valence-electron chi connectivity index (χ2n) is 4.17. The van der Waals surface area contributed by atoms with Crippen LogP contribution in [-0.4, -0.2) is 48.7 Å². The predicted molar refractivity (Wildman–Crippen MR) is 69.5 cm³/mol. The summed E-state index contributed by atoms with van der Waals surface area (Å²) in [4.78, 5) is 10.4. The maximum Gasteiger partial charge on any atom is 0.218 e. The minimum absolute atomic E-state index is 0.636. The molecular formula is C12H22N4O. The Kier molecular flexibility index (Phi) is 6.32. The molecule has 96 valence electrons. The first kappa shape index (κ1) is 13.7. The van der Waals surface area contributed by atoms with Gasteiger partial charge in [-0.15, -0.1) is 0 Å².